The first-order chi connectivity index (χ1) is 17.5. The van der Waals surface area contributed by atoms with E-state index in [1.54, 1.807) is 16.8 Å². The van der Waals surface area contributed by atoms with Crippen LogP contribution < -0.4 is 20.7 Å². The number of para-hydroxylation sites is 1. The summed E-state index contributed by atoms with van der Waals surface area (Å²) in [5.74, 6) is 1.17. The zero-order valence-corrected chi connectivity index (χ0v) is 20.2. The highest BCUT2D eigenvalue weighted by atomic mass is 16.2. The Bertz CT molecular complexity index is 1420. The number of hydrogen-bond donors (Lipinski definition) is 1. The van der Waals surface area contributed by atoms with Gasteiger partial charge < -0.3 is 15.1 Å². The van der Waals surface area contributed by atoms with E-state index in [1.165, 1.54) is 18.1 Å². The van der Waals surface area contributed by atoms with Crippen LogP contribution in [0, 0.1) is 13.8 Å². The minimum Gasteiger partial charge on any atom is -0.368 e. The fourth-order valence-electron chi connectivity index (χ4n) is 4.26. The van der Waals surface area contributed by atoms with Crippen LogP contribution in [-0.4, -0.2) is 61.6 Å². The van der Waals surface area contributed by atoms with Crippen LogP contribution in [0.4, 0.5) is 17.3 Å². The number of carbonyl (C=O) groups excluding carboxylic acids is 1. The molecule has 5 rings (SSSR count). The number of nitrogens with zero attached hydrogens (tertiary/aromatic N) is 8. The molecule has 11 heteroatoms. The number of aromatic nitrogens is 6. The average molecular weight is 486 g/mol. The molecule has 1 fully saturated rings. The first-order valence-corrected chi connectivity index (χ1v) is 11.7. The van der Waals surface area contributed by atoms with Crippen molar-refractivity contribution in [3.63, 3.8) is 0 Å². The average Bonchev–Trinajstić information content (AvgIpc) is 3.24. The van der Waals surface area contributed by atoms with Crippen molar-refractivity contribution in [2.24, 2.45) is 0 Å². The molecule has 0 saturated carbocycles. The van der Waals surface area contributed by atoms with Crippen LogP contribution in [0.1, 0.15) is 11.4 Å². The topological polar surface area (TPSA) is 114 Å². The number of rotatable bonds is 6. The van der Waals surface area contributed by atoms with E-state index in [2.05, 4.69) is 47.4 Å². The lowest BCUT2D eigenvalue weighted by atomic mass is 10.2. The molecule has 1 saturated heterocycles. The number of amides is 1. The lowest BCUT2D eigenvalue weighted by Gasteiger charge is -2.36. The molecule has 0 unspecified atom stereocenters. The highest BCUT2D eigenvalue weighted by molar-refractivity contribution is 5.89. The molecule has 1 N–H and O–H groups in total. The molecule has 4 aromatic rings. The van der Waals surface area contributed by atoms with Gasteiger partial charge in [0.1, 0.15) is 24.5 Å². The van der Waals surface area contributed by atoms with Crippen molar-refractivity contribution < 1.29 is 4.79 Å². The Morgan fingerprint density at radius 1 is 0.889 bits per heavy atom. The lowest BCUT2D eigenvalue weighted by molar-refractivity contribution is -0.117. The summed E-state index contributed by atoms with van der Waals surface area (Å²) in [6.45, 7) is 6.88. The van der Waals surface area contributed by atoms with Crippen molar-refractivity contribution in [2.45, 2.75) is 20.4 Å². The summed E-state index contributed by atoms with van der Waals surface area (Å²) in [5.41, 5.74) is 2.55. The van der Waals surface area contributed by atoms with Crippen LogP contribution in [0.15, 0.2) is 65.7 Å². The lowest BCUT2D eigenvalue weighted by Crippen LogP contribution is -2.46. The van der Waals surface area contributed by atoms with Gasteiger partial charge in [0.2, 0.25) is 5.91 Å². The number of anilines is 3. The zero-order valence-electron chi connectivity index (χ0n) is 20.2. The summed E-state index contributed by atoms with van der Waals surface area (Å²) < 4.78 is 2.75. The third kappa shape index (κ3) is 5.09. The van der Waals surface area contributed by atoms with Gasteiger partial charge in [-0.15, -0.1) is 5.10 Å². The Morgan fingerprint density at radius 2 is 1.64 bits per heavy atom. The van der Waals surface area contributed by atoms with E-state index in [4.69, 9.17) is 0 Å². The van der Waals surface area contributed by atoms with E-state index in [1.807, 2.05) is 38.1 Å². The molecule has 4 heterocycles. The Kier molecular flexibility index (Phi) is 6.44. The maximum Gasteiger partial charge on any atom is 0.267 e. The fourth-order valence-corrected chi connectivity index (χ4v) is 4.26. The number of benzene rings is 1. The standard InChI is InChI=1S/C25H27N9O2/c1-18-14-19(2)34(29-18)22-8-9-25(36)33(30-22)16-24(35)28-21-15-23(27-17-26-21)32-12-10-31(11-13-32)20-6-4-3-5-7-20/h3-9,14-15,17H,10-13,16H2,1-2H3,(H,26,27,28,35). The molecule has 1 amide bonds. The third-order valence-electron chi connectivity index (χ3n) is 6.02. The van der Waals surface area contributed by atoms with Gasteiger partial charge in [0.15, 0.2) is 5.82 Å². The van der Waals surface area contributed by atoms with Crippen LogP contribution in [-0.2, 0) is 11.3 Å². The van der Waals surface area contributed by atoms with E-state index < -0.39 is 5.91 Å². The highest BCUT2D eigenvalue weighted by Gasteiger charge is 2.19. The van der Waals surface area contributed by atoms with Crippen LogP contribution >= 0.6 is 0 Å². The van der Waals surface area contributed by atoms with E-state index in [-0.39, 0.29) is 12.1 Å². The number of nitrogens with one attached hydrogen (secondary N) is 1. The number of piperazine rings is 1. The van der Waals surface area contributed by atoms with Crippen molar-refractivity contribution >= 4 is 23.2 Å². The molecular formula is C25H27N9O2. The van der Waals surface area contributed by atoms with Crippen LogP contribution in [0.25, 0.3) is 5.82 Å². The maximum atomic E-state index is 12.7. The van der Waals surface area contributed by atoms with E-state index >= 15 is 0 Å². The van der Waals surface area contributed by atoms with Gasteiger partial charge in [-0.3, -0.25) is 9.59 Å². The van der Waals surface area contributed by atoms with Crippen molar-refractivity contribution in [2.75, 3.05) is 41.3 Å². The first-order valence-electron chi connectivity index (χ1n) is 11.7. The Labute approximate surface area is 208 Å². The third-order valence-corrected chi connectivity index (χ3v) is 6.02. The van der Waals surface area contributed by atoms with Crippen molar-refractivity contribution in [3.8, 4) is 5.82 Å². The van der Waals surface area contributed by atoms with Gasteiger partial charge in [-0.05, 0) is 38.1 Å². The molecule has 1 aliphatic heterocycles. The smallest absolute Gasteiger partial charge is 0.267 e. The number of hydrogen-bond acceptors (Lipinski definition) is 8. The summed E-state index contributed by atoms with van der Waals surface area (Å²) in [5, 5.41) is 11.5. The molecule has 11 nitrogen and oxygen atoms in total. The molecule has 1 aromatic carbocycles. The van der Waals surface area contributed by atoms with Crippen LogP contribution in [0.3, 0.4) is 0 Å². The fraction of sp³-hybridized carbons (Fsp3) is 0.280. The Balaban J connectivity index is 1.23. The minimum atomic E-state index is -0.409. The van der Waals surface area contributed by atoms with Gasteiger partial charge in [0.05, 0.1) is 5.69 Å². The predicted octanol–water partition coefficient (Wildman–Crippen LogP) is 1.80. The molecular weight excluding hydrogens is 458 g/mol. The summed E-state index contributed by atoms with van der Waals surface area (Å²) in [4.78, 5) is 38.1. The zero-order chi connectivity index (χ0) is 25.1. The second-order valence-corrected chi connectivity index (χ2v) is 8.65. The summed E-state index contributed by atoms with van der Waals surface area (Å²) in [6.07, 6.45) is 1.43. The second kappa shape index (κ2) is 9.98. The van der Waals surface area contributed by atoms with Gasteiger partial charge >= 0.3 is 0 Å². The largest absolute Gasteiger partial charge is 0.368 e. The number of aryl methyl sites for hydroxylation is 2. The molecule has 184 valence electrons. The molecule has 36 heavy (non-hydrogen) atoms. The van der Waals surface area contributed by atoms with Gasteiger partial charge in [-0.25, -0.2) is 19.3 Å². The monoisotopic (exact) mass is 485 g/mol. The molecule has 0 aliphatic carbocycles. The summed E-state index contributed by atoms with van der Waals surface area (Å²) in [6, 6.07) is 17.0. The maximum absolute atomic E-state index is 12.7. The Hall–Kier alpha value is -4.54. The molecule has 1 aliphatic rings. The van der Waals surface area contributed by atoms with Crippen LogP contribution in [0.5, 0.6) is 0 Å². The van der Waals surface area contributed by atoms with E-state index in [0.29, 0.717) is 11.6 Å². The molecule has 0 bridgehead atoms. The second-order valence-electron chi connectivity index (χ2n) is 8.65. The molecule has 0 radical (unpaired) electrons. The van der Waals surface area contributed by atoms with E-state index in [9.17, 15) is 9.59 Å². The quantitative estimate of drug-likeness (QED) is 0.440. The molecule has 0 spiro atoms. The summed E-state index contributed by atoms with van der Waals surface area (Å²) in [7, 11) is 0. The van der Waals surface area contributed by atoms with Crippen molar-refractivity contribution in [1.82, 2.24) is 29.5 Å². The van der Waals surface area contributed by atoms with E-state index in [0.717, 1.165) is 48.1 Å². The normalized spacial score (nSPS) is 13.6. The Morgan fingerprint density at radius 3 is 2.36 bits per heavy atom. The highest BCUT2D eigenvalue weighted by Crippen LogP contribution is 2.20. The molecule has 0 atom stereocenters. The van der Waals surface area contributed by atoms with Crippen molar-refractivity contribution in [3.05, 3.63) is 82.7 Å². The van der Waals surface area contributed by atoms with Crippen LogP contribution in [0.2, 0.25) is 0 Å². The van der Waals surface area contributed by atoms with Gasteiger partial charge in [-0.2, -0.15) is 5.10 Å². The first kappa shape index (κ1) is 23.2. The van der Waals surface area contributed by atoms with Crippen molar-refractivity contribution in [1.29, 1.82) is 0 Å². The number of carbonyl (C=O) groups is 1. The molecule has 3 aromatic heterocycles. The minimum absolute atomic E-state index is 0.249. The van der Waals surface area contributed by atoms with Gasteiger partial charge in [-0.1, -0.05) is 18.2 Å². The predicted molar refractivity (Wildman–Crippen MR) is 137 cm³/mol. The van der Waals surface area contributed by atoms with Gasteiger partial charge in [0, 0.05) is 49.7 Å². The van der Waals surface area contributed by atoms with Gasteiger partial charge in [0.25, 0.3) is 5.56 Å². The summed E-state index contributed by atoms with van der Waals surface area (Å²) >= 11 is 0. The SMILES string of the molecule is Cc1cc(C)n(-c2ccc(=O)n(CC(=O)Nc3cc(N4CCN(c5ccccc5)CC4)ncn3)n2)n1.